The summed E-state index contributed by atoms with van der Waals surface area (Å²) in [7, 11) is -4.52. The summed E-state index contributed by atoms with van der Waals surface area (Å²) in [4.78, 5) is 9.98. The molecule has 2 rings (SSSR count). The van der Waals surface area contributed by atoms with Crippen molar-refractivity contribution in [2.24, 2.45) is 0 Å². The molecule has 0 atom stereocenters. The maximum absolute atomic E-state index is 12.7. The maximum atomic E-state index is 12.7. The van der Waals surface area contributed by atoms with Crippen LogP contribution >= 0.6 is 11.6 Å². The van der Waals surface area contributed by atoms with Gasteiger partial charge in [0, 0.05) is 6.07 Å². The molecule has 2 aromatic rings. The van der Waals surface area contributed by atoms with E-state index in [2.05, 4.69) is 0 Å². The average Bonchev–Trinajstić information content (AvgIpc) is 2.45. The van der Waals surface area contributed by atoms with Crippen molar-refractivity contribution in [1.29, 1.82) is 0 Å². The van der Waals surface area contributed by atoms with Crippen molar-refractivity contribution in [2.75, 3.05) is 4.72 Å². The van der Waals surface area contributed by atoms with Gasteiger partial charge in [-0.3, -0.25) is 4.72 Å². The standard InChI is InChI=1S/C14H9ClF3NO5S/c15-10-4-1-7(14(16,17)18)5-12(10)25(23,24)19-8-2-3-9(13(21)22)11(20)6-8/h1-6,19-20H,(H,21,22). The number of aromatic hydroxyl groups is 1. The van der Waals surface area contributed by atoms with Crippen molar-refractivity contribution in [3.8, 4) is 5.75 Å². The van der Waals surface area contributed by atoms with Crippen LogP contribution in [0.2, 0.25) is 5.02 Å². The summed E-state index contributed by atoms with van der Waals surface area (Å²) in [5, 5.41) is 17.9. The summed E-state index contributed by atoms with van der Waals surface area (Å²) >= 11 is 5.68. The number of carboxylic acid groups (broad SMARTS) is 1. The molecule has 2 aromatic carbocycles. The third-order valence-corrected chi connectivity index (χ3v) is 4.89. The van der Waals surface area contributed by atoms with Crippen LogP contribution in [0, 0.1) is 0 Å². The first kappa shape index (κ1) is 18.9. The molecule has 0 aliphatic rings. The van der Waals surface area contributed by atoms with Crippen molar-refractivity contribution in [2.45, 2.75) is 11.1 Å². The molecule has 0 spiro atoms. The molecular formula is C14H9ClF3NO5S. The van der Waals surface area contributed by atoms with E-state index in [1.807, 2.05) is 4.72 Å². The highest BCUT2D eigenvalue weighted by molar-refractivity contribution is 7.92. The molecule has 11 heteroatoms. The number of phenols is 1. The molecule has 3 N–H and O–H groups in total. The second-order valence-electron chi connectivity index (χ2n) is 4.79. The highest BCUT2D eigenvalue weighted by Crippen LogP contribution is 2.34. The molecule has 0 saturated heterocycles. The summed E-state index contributed by atoms with van der Waals surface area (Å²) < 4.78 is 64.7. The SMILES string of the molecule is O=C(O)c1ccc(NS(=O)(=O)c2cc(C(F)(F)F)ccc2Cl)cc1O. The molecule has 134 valence electrons. The summed E-state index contributed by atoms with van der Waals surface area (Å²) in [5.41, 5.74) is -1.93. The minimum Gasteiger partial charge on any atom is -0.507 e. The van der Waals surface area contributed by atoms with Crippen LogP contribution in [0.4, 0.5) is 18.9 Å². The van der Waals surface area contributed by atoms with Gasteiger partial charge < -0.3 is 10.2 Å². The van der Waals surface area contributed by atoms with Crippen molar-refractivity contribution in [3.63, 3.8) is 0 Å². The van der Waals surface area contributed by atoms with Crippen molar-refractivity contribution in [1.82, 2.24) is 0 Å². The summed E-state index contributed by atoms with van der Waals surface area (Å²) in [6.07, 6.45) is -4.77. The first-order chi connectivity index (χ1) is 11.4. The Morgan fingerprint density at radius 3 is 2.28 bits per heavy atom. The number of anilines is 1. The van der Waals surface area contributed by atoms with Gasteiger partial charge in [0.2, 0.25) is 0 Å². The molecule has 0 aromatic heterocycles. The van der Waals surface area contributed by atoms with Gasteiger partial charge in [-0.05, 0) is 30.3 Å². The Labute approximate surface area is 144 Å². The Morgan fingerprint density at radius 2 is 1.76 bits per heavy atom. The normalized spacial score (nSPS) is 12.0. The van der Waals surface area contributed by atoms with Gasteiger partial charge in [-0.15, -0.1) is 0 Å². The van der Waals surface area contributed by atoms with E-state index in [4.69, 9.17) is 16.7 Å². The lowest BCUT2D eigenvalue weighted by molar-refractivity contribution is -0.137. The number of carboxylic acids is 1. The number of sulfonamides is 1. The molecule has 0 aliphatic heterocycles. The fourth-order valence-corrected chi connectivity index (χ4v) is 3.45. The van der Waals surface area contributed by atoms with Crippen LogP contribution in [-0.2, 0) is 16.2 Å². The molecule has 0 unspecified atom stereocenters. The van der Waals surface area contributed by atoms with Gasteiger partial charge in [0.1, 0.15) is 16.2 Å². The molecule has 0 saturated carbocycles. The monoisotopic (exact) mass is 395 g/mol. The zero-order chi connectivity index (χ0) is 19.0. The number of benzene rings is 2. The van der Waals surface area contributed by atoms with E-state index in [0.29, 0.717) is 12.1 Å². The molecule has 0 heterocycles. The molecule has 0 amide bonds. The summed E-state index contributed by atoms with van der Waals surface area (Å²) in [6, 6.07) is 4.57. The highest BCUT2D eigenvalue weighted by atomic mass is 35.5. The maximum Gasteiger partial charge on any atom is 0.416 e. The van der Waals surface area contributed by atoms with Crippen LogP contribution in [0.3, 0.4) is 0 Å². The van der Waals surface area contributed by atoms with Gasteiger partial charge in [0.05, 0.1) is 16.3 Å². The zero-order valence-electron chi connectivity index (χ0n) is 12.0. The van der Waals surface area contributed by atoms with E-state index in [1.54, 1.807) is 0 Å². The Balaban J connectivity index is 2.43. The van der Waals surface area contributed by atoms with Crippen LogP contribution < -0.4 is 4.72 Å². The number of halogens is 4. The molecule has 0 fully saturated rings. The summed E-state index contributed by atoms with van der Waals surface area (Å²) in [6.45, 7) is 0. The Kier molecular flexibility index (Phi) is 4.87. The Bertz CT molecular complexity index is 944. The van der Waals surface area contributed by atoms with E-state index in [1.165, 1.54) is 0 Å². The Hall–Kier alpha value is -2.46. The first-order valence-electron chi connectivity index (χ1n) is 6.37. The van der Waals surface area contributed by atoms with E-state index in [0.717, 1.165) is 24.3 Å². The van der Waals surface area contributed by atoms with Gasteiger partial charge in [-0.25, -0.2) is 13.2 Å². The van der Waals surface area contributed by atoms with Gasteiger partial charge in [0.15, 0.2) is 0 Å². The second kappa shape index (κ2) is 6.45. The minimum atomic E-state index is -4.77. The second-order valence-corrected chi connectivity index (χ2v) is 6.84. The predicted molar refractivity (Wildman–Crippen MR) is 82.3 cm³/mol. The van der Waals surface area contributed by atoms with Crippen LogP contribution in [0.1, 0.15) is 15.9 Å². The molecular weight excluding hydrogens is 387 g/mol. The average molecular weight is 396 g/mol. The lowest BCUT2D eigenvalue weighted by Crippen LogP contribution is -2.15. The number of alkyl halides is 3. The van der Waals surface area contributed by atoms with E-state index in [9.17, 15) is 31.5 Å². The number of carbonyl (C=O) groups is 1. The molecule has 0 radical (unpaired) electrons. The molecule has 0 bridgehead atoms. The van der Waals surface area contributed by atoms with Gasteiger partial charge >= 0.3 is 12.1 Å². The van der Waals surface area contributed by atoms with E-state index >= 15 is 0 Å². The van der Waals surface area contributed by atoms with Crippen LogP contribution in [0.5, 0.6) is 5.75 Å². The lowest BCUT2D eigenvalue weighted by Gasteiger charge is -2.13. The zero-order valence-corrected chi connectivity index (χ0v) is 13.6. The lowest BCUT2D eigenvalue weighted by atomic mass is 10.2. The smallest absolute Gasteiger partial charge is 0.416 e. The van der Waals surface area contributed by atoms with E-state index in [-0.39, 0.29) is 5.69 Å². The van der Waals surface area contributed by atoms with Crippen molar-refractivity contribution < 1.29 is 36.6 Å². The number of rotatable bonds is 4. The minimum absolute atomic E-state index is 0.254. The summed E-state index contributed by atoms with van der Waals surface area (Å²) in [5.74, 6) is -2.16. The van der Waals surface area contributed by atoms with Crippen molar-refractivity contribution in [3.05, 3.63) is 52.5 Å². The van der Waals surface area contributed by atoms with Crippen molar-refractivity contribution >= 4 is 33.3 Å². The largest absolute Gasteiger partial charge is 0.507 e. The molecule has 25 heavy (non-hydrogen) atoms. The topological polar surface area (TPSA) is 104 Å². The van der Waals surface area contributed by atoms with Crippen LogP contribution in [0.25, 0.3) is 0 Å². The predicted octanol–water partition coefficient (Wildman–Crippen LogP) is 3.56. The number of aromatic carboxylic acids is 1. The highest BCUT2D eigenvalue weighted by Gasteiger charge is 2.32. The number of nitrogens with one attached hydrogen (secondary N) is 1. The van der Waals surface area contributed by atoms with Gasteiger partial charge in [-0.2, -0.15) is 13.2 Å². The fourth-order valence-electron chi connectivity index (χ4n) is 1.87. The third-order valence-electron chi connectivity index (χ3n) is 3.03. The fraction of sp³-hybridized carbons (Fsp3) is 0.0714. The molecule has 0 aliphatic carbocycles. The van der Waals surface area contributed by atoms with Crippen LogP contribution in [0.15, 0.2) is 41.3 Å². The Morgan fingerprint density at radius 1 is 1.12 bits per heavy atom. The van der Waals surface area contributed by atoms with Crippen LogP contribution in [-0.4, -0.2) is 24.6 Å². The van der Waals surface area contributed by atoms with E-state index < -0.39 is 49.0 Å². The molecule has 6 nitrogen and oxygen atoms in total. The first-order valence-corrected chi connectivity index (χ1v) is 8.24. The number of hydrogen-bond acceptors (Lipinski definition) is 4. The quantitative estimate of drug-likeness (QED) is 0.734. The number of hydrogen-bond donors (Lipinski definition) is 3. The third kappa shape index (κ3) is 4.15. The van der Waals surface area contributed by atoms with Gasteiger partial charge in [-0.1, -0.05) is 11.6 Å². The van der Waals surface area contributed by atoms with Gasteiger partial charge in [0.25, 0.3) is 10.0 Å².